The quantitative estimate of drug-likeness (QED) is 0.320. The summed E-state index contributed by atoms with van der Waals surface area (Å²) in [5.41, 5.74) is -0.393. The van der Waals surface area contributed by atoms with Gasteiger partial charge in [0.1, 0.15) is 12.9 Å². The van der Waals surface area contributed by atoms with Crippen molar-refractivity contribution in [3.05, 3.63) is 0 Å². The van der Waals surface area contributed by atoms with E-state index in [9.17, 15) is 9.90 Å². The normalized spacial score (nSPS) is 13.6. The Morgan fingerprint density at radius 3 is 2.47 bits per heavy atom. The van der Waals surface area contributed by atoms with Crippen LogP contribution in [0.5, 0.6) is 0 Å². The van der Waals surface area contributed by atoms with E-state index in [-0.39, 0.29) is 6.61 Å². The van der Waals surface area contributed by atoms with Crippen molar-refractivity contribution in [3.8, 4) is 0 Å². The van der Waals surface area contributed by atoms with Gasteiger partial charge in [-0.25, -0.2) is 0 Å². The summed E-state index contributed by atoms with van der Waals surface area (Å²) in [6.45, 7) is 7.40. The van der Waals surface area contributed by atoms with Crippen LogP contribution in [0.4, 0.5) is 0 Å². The molecule has 6 nitrogen and oxygen atoms in total. The van der Waals surface area contributed by atoms with Crippen molar-refractivity contribution in [1.29, 1.82) is 0 Å². The van der Waals surface area contributed by atoms with Crippen LogP contribution >= 0.6 is 0 Å². The van der Waals surface area contributed by atoms with E-state index in [1.807, 2.05) is 20.8 Å². The highest BCUT2D eigenvalue weighted by molar-refractivity contribution is 5.50. The Balaban J connectivity index is 3.25. The van der Waals surface area contributed by atoms with Crippen LogP contribution in [0.15, 0.2) is 0 Å². The maximum atomic E-state index is 9.91. The fourth-order valence-corrected chi connectivity index (χ4v) is 0.982. The van der Waals surface area contributed by atoms with Gasteiger partial charge in [-0.3, -0.25) is 5.32 Å². The van der Waals surface area contributed by atoms with Crippen LogP contribution < -0.4 is 5.32 Å². The zero-order chi connectivity index (χ0) is 13.1. The first-order chi connectivity index (χ1) is 7.95. The van der Waals surface area contributed by atoms with Gasteiger partial charge in [-0.1, -0.05) is 0 Å². The van der Waals surface area contributed by atoms with Crippen molar-refractivity contribution < 1.29 is 24.1 Å². The van der Waals surface area contributed by atoms with E-state index in [4.69, 9.17) is 14.2 Å². The molecule has 0 saturated heterocycles. The third kappa shape index (κ3) is 13.4. The molecule has 102 valence electrons. The smallest absolute Gasteiger partial charge is 0.214 e. The zero-order valence-electron chi connectivity index (χ0n) is 10.8. The third-order valence-electron chi connectivity index (χ3n) is 1.59. The Hall–Kier alpha value is -0.530. The minimum Gasteiger partial charge on any atom is -0.378 e. The van der Waals surface area contributed by atoms with Gasteiger partial charge in [0.25, 0.3) is 0 Å². The third-order valence-corrected chi connectivity index (χ3v) is 1.59. The molecular formula is C11H23NO5. The molecule has 0 amide bonds. The van der Waals surface area contributed by atoms with Crippen LogP contribution in [0.25, 0.3) is 0 Å². The standard InChI is InChI=1S/C11H23NO5/c1-11(2,3)17-10(14)12-4-6-15-8-9-16-7-5-13/h5,10,12,14H,4,6-9H2,1-3H3. The number of aliphatic hydroxyl groups is 1. The Labute approximate surface area is 102 Å². The summed E-state index contributed by atoms with van der Waals surface area (Å²) >= 11 is 0. The molecule has 0 aliphatic rings. The highest BCUT2D eigenvalue weighted by Gasteiger charge is 2.15. The molecule has 0 aromatic carbocycles. The van der Waals surface area contributed by atoms with E-state index in [0.29, 0.717) is 32.7 Å². The number of nitrogens with one attached hydrogen (secondary N) is 1. The SMILES string of the molecule is CC(C)(C)OC(O)NCCOCCOCC=O. The number of carbonyl (C=O) groups is 1. The molecule has 6 heteroatoms. The summed E-state index contributed by atoms with van der Waals surface area (Å²) in [5, 5.41) is 12.2. The molecule has 0 fully saturated rings. The van der Waals surface area contributed by atoms with E-state index < -0.39 is 12.0 Å². The highest BCUT2D eigenvalue weighted by atomic mass is 16.6. The summed E-state index contributed by atoms with van der Waals surface area (Å²) in [4.78, 5) is 9.91. The minimum atomic E-state index is -0.995. The van der Waals surface area contributed by atoms with E-state index in [2.05, 4.69) is 5.32 Å². The molecule has 0 aliphatic carbocycles. The summed E-state index contributed by atoms with van der Waals surface area (Å²) in [6, 6.07) is 0. The molecule has 0 aliphatic heterocycles. The summed E-state index contributed by atoms with van der Waals surface area (Å²) in [5.74, 6) is 0. The minimum absolute atomic E-state index is 0.0970. The molecule has 0 bridgehead atoms. The second-order valence-electron chi connectivity index (χ2n) is 4.39. The average molecular weight is 249 g/mol. The molecule has 0 spiro atoms. The first-order valence-corrected chi connectivity index (χ1v) is 5.64. The Kier molecular flexibility index (Phi) is 9.20. The van der Waals surface area contributed by atoms with Crippen molar-refractivity contribution in [2.45, 2.75) is 32.8 Å². The maximum Gasteiger partial charge on any atom is 0.214 e. The lowest BCUT2D eigenvalue weighted by Crippen LogP contribution is -2.39. The molecular weight excluding hydrogens is 226 g/mol. The zero-order valence-corrected chi connectivity index (χ0v) is 10.8. The molecule has 0 saturated carbocycles. The van der Waals surface area contributed by atoms with Crippen molar-refractivity contribution in [2.75, 3.05) is 33.0 Å². The number of aliphatic hydroxyl groups excluding tert-OH is 1. The fourth-order valence-electron chi connectivity index (χ4n) is 0.982. The largest absolute Gasteiger partial charge is 0.378 e. The number of ether oxygens (including phenoxy) is 3. The Morgan fingerprint density at radius 2 is 1.88 bits per heavy atom. The summed E-state index contributed by atoms with van der Waals surface area (Å²) in [7, 11) is 0. The van der Waals surface area contributed by atoms with Crippen LogP contribution in [0.2, 0.25) is 0 Å². The monoisotopic (exact) mass is 249 g/mol. The Morgan fingerprint density at radius 1 is 1.24 bits per heavy atom. The summed E-state index contributed by atoms with van der Waals surface area (Å²) < 4.78 is 15.3. The lowest BCUT2D eigenvalue weighted by Gasteiger charge is -2.24. The van der Waals surface area contributed by atoms with Crippen LogP contribution in [-0.4, -0.2) is 56.4 Å². The van der Waals surface area contributed by atoms with Crippen molar-refractivity contribution >= 4 is 6.29 Å². The lowest BCUT2D eigenvalue weighted by molar-refractivity contribution is -0.182. The number of rotatable bonds is 10. The molecule has 17 heavy (non-hydrogen) atoms. The van der Waals surface area contributed by atoms with Gasteiger partial charge in [0, 0.05) is 6.54 Å². The van der Waals surface area contributed by atoms with Crippen LogP contribution in [0.1, 0.15) is 20.8 Å². The van der Waals surface area contributed by atoms with Gasteiger partial charge in [-0.05, 0) is 20.8 Å². The van der Waals surface area contributed by atoms with Gasteiger partial charge in [-0.15, -0.1) is 0 Å². The molecule has 2 N–H and O–H groups in total. The number of hydrogen-bond acceptors (Lipinski definition) is 6. The van der Waals surface area contributed by atoms with Crippen molar-refractivity contribution in [2.24, 2.45) is 0 Å². The molecule has 0 aromatic rings. The maximum absolute atomic E-state index is 9.91. The molecule has 1 atom stereocenters. The number of carbonyl (C=O) groups excluding carboxylic acids is 1. The predicted octanol–water partition coefficient (Wildman–Crippen LogP) is -0.101. The number of hydrogen-bond donors (Lipinski definition) is 2. The molecule has 0 heterocycles. The van der Waals surface area contributed by atoms with E-state index in [0.717, 1.165) is 0 Å². The second kappa shape index (κ2) is 9.49. The summed E-state index contributed by atoms with van der Waals surface area (Å²) in [6.07, 6.45) is -0.299. The first kappa shape index (κ1) is 16.5. The Bertz CT molecular complexity index is 193. The predicted molar refractivity (Wildman–Crippen MR) is 62.5 cm³/mol. The van der Waals surface area contributed by atoms with Gasteiger partial charge in [0.05, 0.1) is 25.4 Å². The van der Waals surface area contributed by atoms with Crippen LogP contribution in [0.3, 0.4) is 0 Å². The van der Waals surface area contributed by atoms with Crippen molar-refractivity contribution in [3.63, 3.8) is 0 Å². The van der Waals surface area contributed by atoms with Crippen molar-refractivity contribution in [1.82, 2.24) is 5.32 Å². The highest BCUT2D eigenvalue weighted by Crippen LogP contribution is 2.07. The van der Waals surface area contributed by atoms with Crippen LogP contribution in [0, 0.1) is 0 Å². The van der Waals surface area contributed by atoms with Gasteiger partial charge in [0.15, 0.2) is 0 Å². The number of aldehydes is 1. The fraction of sp³-hybridized carbons (Fsp3) is 0.909. The van der Waals surface area contributed by atoms with E-state index >= 15 is 0 Å². The lowest BCUT2D eigenvalue weighted by atomic mass is 10.2. The molecule has 0 aromatic heterocycles. The topological polar surface area (TPSA) is 77.0 Å². The van der Waals surface area contributed by atoms with Gasteiger partial charge in [0.2, 0.25) is 6.41 Å². The van der Waals surface area contributed by atoms with Gasteiger partial charge < -0.3 is 24.1 Å². The molecule has 0 radical (unpaired) electrons. The molecule has 0 rings (SSSR count). The molecule has 1 unspecified atom stereocenters. The van der Waals surface area contributed by atoms with Gasteiger partial charge >= 0.3 is 0 Å². The van der Waals surface area contributed by atoms with Gasteiger partial charge in [-0.2, -0.15) is 0 Å². The van der Waals surface area contributed by atoms with Crippen LogP contribution in [-0.2, 0) is 19.0 Å². The van der Waals surface area contributed by atoms with E-state index in [1.54, 1.807) is 0 Å². The second-order valence-corrected chi connectivity index (χ2v) is 4.39. The first-order valence-electron chi connectivity index (χ1n) is 5.64. The van der Waals surface area contributed by atoms with E-state index in [1.165, 1.54) is 0 Å². The average Bonchev–Trinajstić information content (AvgIpc) is 2.19.